The maximum atomic E-state index is 12.8. The van der Waals surface area contributed by atoms with Crippen LogP contribution in [0.1, 0.15) is 31.7 Å². The van der Waals surface area contributed by atoms with Gasteiger partial charge in [0.15, 0.2) is 28.9 Å². The topological polar surface area (TPSA) is 128 Å². The van der Waals surface area contributed by atoms with Crippen LogP contribution >= 0.6 is 15.9 Å². The molecule has 0 spiro atoms. The summed E-state index contributed by atoms with van der Waals surface area (Å²) in [5, 5.41) is 16.7. The molecule has 0 radical (unpaired) electrons. The molecule has 0 bridgehead atoms. The van der Waals surface area contributed by atoms with Gasteiger partial charge in [0.25, 0.3) is 0 Å². The molecular formula is C23H17BrF4N2O7. The first-order valence-electron chi connectivity index (χ1n) is 10.2. The average molecular weight is 589 g/mol. The van der Waals surface area contributed by atoms with Crippen molar-refractivity contribution in [2.24, 2.45) is 0 Å². The minimum Gasteiger partial charge on any atom is -0.465 e. The van der Waals surface area contributed by atoms with Gasteiger partial charge in [-0.15, -0.1) is 17.6 Å². The zero-order valence-corrected chi connectivity index (χ0v) is 20.7. The quantitative estimate of drug-likeness (QED) is 0.338. The molecule has 1 unspecified atom stereocenters. The molecule has 0 N–H and O–H groups in total. The highest BCUT2D eigenvalue weighted by Gasteiger charge is 2.44. The number of benzene rings is 2. The number of hydrogen-bond donors (Lipinski definition) is 0. The minimum absolute atomic E-state index is 0.0417. The summed E-state index contributed by atoms with van der Waals surface area (Å²) in [5.74, 6) is -2.25. The van der Waals surface area contributed by atoms with Crippen molar-refractivity contribution in [2.45, 2.75) is 38.8 Å². The molecule has 0 fully saturated rings. The van der Waals surface area contributed by atoms with Gasteiger partial charge in [-0.3, -0.25) is 9.59 Å². The van der Waals surface area contributed by atoms with E-state index in [1.165, 1.54) is 37.3 Å². The second-order valence-electron chi connectivity index (χ2n) is 6.98. The van der Waals surface area contributed by atoms with Crippen LogP contribution in [0, 0.1) is 22.7 Å². The number of carbonyl (C=O) groups excluding carboxylic acids is 2. The number of fused-ring (bicyclic) bond motifs is 2. The molecule has 2 aliphatic rings. The van der Waals surface area contributed by atoms with Crippen LogP contribution in [0.2, 0.25) is 0 Å². The molecule has 0 aromatic heterocycles. The second-order valence-corrected chi connectivity index (χ2v) is 7.90. The van der Waals surface area contributed by atoms with Gasteiger partial charge in [-0.25, -0.2) is 0 Å². The first kappa shape index (κ1) is 29.2. The molecule has 2 heterocycles. The third-order valence-corrected chi connectivity index (χ3v) is 4.59. The number of esters is 1. The number of Topliss-reactive ketones (excluding diaryl/α,β-unsaturated/α-hetero) is 1. The van der Waals surface area contributed by atoms with Crippen LogP contribution in [-0.4, -0.2) is 30.9 Å². The lowest BCUT2D eigenvalue weighted by Gasteiger charge is -2.08. The summed E-state index contributed by atoms with van der Waals surface area (Å²) >= 11 is 3.12. The van der Waals surface area contributed by atoms with E-state index in [4.69, 9.17) is 15.3 Å². The number of alkyl halides is 4. The number of nitriles is 2. The number of hydrogen-bond acceptors (Lipinski definition) is 9. The molecule has 9 nitrogen and oxygen atoms in total. The lowest BCUT2D eigenvalue weighted by molar-refractivity contribution is -0.287. The highest BCUT2D eigenvalue weighted by molar-refractivity contribution is 9.10. The highest BCUT2D eigenvalue weighted by Crippen LogP contribution is 2.43. The Morgan fingerprint density at radius 2 is 1.46 bits per heavy atom. The summed E-state index contributed by atoms with van der Waals surface area (Å²) < 4.78 is 72.7. The van der Waals surface area contributed by atoms with E-state index in [0.29, 0.717) is 4.47 Å². The van der Waals surface area contributed by atoms with Crippen molar-refractivity contribution in [1.29, 1.82) is 10.5 Å². The highest BCUT2D eigenvalue weighted by atomic mass is 79.9. The summed E-state index contributed by atoms with van der Waals surface area (Å²) in [7, 11) is 0. The summed E-state index contributed by atoms with van der Waals surface area (Å²) in [4.78, 5) is 21.4. The fourth-order valence-corrected chi connectivity index (χ4v) is 3.01. The molecule has 14 heteroatoms. The Hall–Kier alpha value is -4.04. The third-order valence-electron chi connectivity index (χ3n) is 4.10. The third kappa shape index (κ3) is 8.54. The second kappa shape index (κ2) is 12.3. The monoisotopic (exact) mass is 588 g/mol. The first-order chi connectivity index (χ1) is 17.3. The van der Waals surface area contributed by atoms with Gasteiger partial charge in [0, 0.05) is 4.47 Å². The van der Waals surface area contributed by atoms with Crippen molar-refractivity contribution in [3.05, 3.63) is 46.4 Å². The molecule has 0 amide bonds. The summed E-state index contributed by atoms with van der Waals surface area (Å²) in [5.41, 5.74) is 0.209. The van der Waals surface area contributed by atoms with Gasteiger partial charge in [0.1, 0.15) is 5.78 Å². The Balaban J connectivity index is 0.000000227. The standard InChI is InChI=1S/C12H9F2NO4.C7H3BrF2O2.C4H5NO/c1-2-17-11(16)8(6-15)7-3-4-9-10(5-7)19-12(13,14)18-9;8-4-1-2-5-6(3-4)12-7(9,10)11-5;1-4(6)2-3-5/h3-5,8H,2H2,1H3;1-3H;2H2,1H3. The number of carbonyl (C=O) groups is 2. The molecule has 4 rings (SSSR count). The molecule has 0 saturated carbocycles. The molecule has 2 aliphatic heterocycles. The Morgan fingerprint density at radius 1 is 0.946 bits per heavy atom. The largest absolute Gasteiger partial charge is 0.586 e. The smallest absolute Gasteiger partial charge is 0.465 e. The van der Waals surface area contributed by atoms with Crippen LogP contribution in [0.25, 0.3) is 0 Å². The van der Waals surface area contributed by atoms with E-state index in [9.17, 15) is 27.2 Å². The van der Waals surface area contributed by atoms with Crippen molar-refractivity contribution in [3.63, 3.8) is 0 Å². The van der Waals surface area contributed by atoms with Gasteiger partial charge < -0.3 is 23.7 Å². The molecule has 0 aliphatic carbocycles. The Labute approximate surface area is 216 Å². The van der Waals surface area contributed by atoms with Crippen LogP contribution in [0.15, 0.2) is 40.9 Å². The number of rotatable bonds is 4. The van der Waals surface area contributed by atoms with E-state index in [-0.39, 0.29) is 47.4 Å². The number of ketones is 1. The molecule has 1 atom stereocenters. The molecule has 2 aromatic carbocycles. The van der Waals surface area contributed by atoms with Gasteiger partial charge in [-0.05, 0) is 49.7 Å². The number of halogens is 5. The van der Waals surface area contributed by atoms with E-state index in [1.807, 2.05) is 0 Å². The van der Waals surface area contributed by atoms with E-state index in [1.54, 1.807) is 25.1 Å². The van der Waals surface area contributed by atoms with Gasteiger partial charge in [0.2, 0.25) is 0 Å². The fraction of sp³-hybridized carbons (Fsp3) is 0.304. The van der Waals surface area contributed by atoms with Crippen LogP contribution in [0.5, 0.6) is 23.0 Å². The summed E-state index contributed by atoms with van der Waals surface area (Å²) in [6.07, 6.45) is -7.21. The van der Waals surface area contributed by atoms with Crippen LogP contribution in [-0.2, 0) is 14.3 Å². The van der Waals surface area contributed by atoms with Crippen LogP contribution in [0.4, 0.5) is 17.6 Å². The predicted molar refractivity (Wildman–Crippen MR) is 119 cm³/mol. The maximum absolute atomic E-state index is 12.8. The van der Waals surface area contributed by atoms with E-state index >= 15 is 0 Å². The molecule has 2 aromatic rings. The van der Waals surface area contributed by atoms with Gasteiger partial charge in [-0.1, -0.05) is 22.0 Å². The number of ether oxygens (including phenoxy) is 5. The average Bonchev–Trinajstić information content (AvgIpc) is 3.27. The van der Waals surface area contributed by atoms with Crippen molar-refractivity contribution in [2.75, 3.05) is 6.61 Å². The molecule has 0 saturated heterocycles. The van der Waals surface area contributed by atoms with Crippen molar-refractivity contribution in [1.82, 2.24) is 0 Å². The zero-order chi connectivity index (χ0) is 27.8. The van der Waals surface area contributed by atoms with E-state index in [2.05, 4.69) is 34.9 Å². The SMILES string of the molecule is CC(=O)CC#N.CCOC(=O)C(C#N)c1ccc2c(c1)OC(F)(F)O2.FC1(F)Oc2ccc(Br)cc2O1. The van der Waals surface area contributed by atoms with Gasteiger partial charge in [-0.2, -0.15) is 10.5 Å². The zero-order valence-electron chi connectivity index (χ0n) is 19.1. The lowest BCUT2D eigenvalue weighted by atomic mass is 10.0. The van der Waals surface area contributed by atoms with E-state index < -0.39 is 24.5 Å². The minimum atomic E-state index is -3.73. The Morgan fingerprint density at radius 3 is 1.92 bits per heavy atom. The van der Waals surface area contributed by atoms with Crippen LogP contribution in [0.3, 0.4) is 0 Å². The van der Waals surface area contributed by atoms with E-state index in [0.717, 1.165) is 0 Å². The van der Waals surface area contributed by atoms with Crippen molar-refractivity contribution >= 4 is 27.7 Å². The van der Waals surface area contributed by atoms with Crippen LogP contribution < -0.4 is 18.9 Å². The molecule has 196 valence electrons. The number of nitrogens with zero attached hydrogens (tertiary/aromatic N) is 2. The molecule has 37 heavy (non-hydrogen) atoms. The van der Waals surface area contributed by atoms with Crippen molar-refractivity contribution in [3.8, 4) is 35.1 Å². The Bertz CT molecular complexity index is 1240. The molecular weight excluding hydrogens is 572 g/mol. The summed E-state index contributed by atoms with van der Waals surface area (Å²) in [6, 6.07) is 11.6. The normalized spacial score (nSPS) is 15.4. The van der Waals surface area contributed by atoms with Gasteiger partial charge >= 0.3 is 18.6 Å². The maximum Gasteiger partial charge on any atom is 0.586 e. The Kier molecular flexibility index (Phi) is 9.68. The fourth-order valence-electron chi connectivity index (χ4n) is 2.67. The van der Waals surface area contributed by atoms with Crippen molar-refractivity contribution < 1.29 is 50.8 Å². The first-order valence-corrected chi connectivity index (χ1v) is 11.0. The predicted octanol–water partition coefficient (Wildman–Crippen LogP) is 5.44. The summed E-state index contributed by atoms with van der Waals surface area (Å²) in [6.45, 7) is 3.12. The van der Waals surface area contributed by atoms with Gasteiger partial charge in [0.05, 0.1) is 25.2 Å². The lowest BCUT2D eigenvalue weighted by Crippen LogP contribution is -2.25.